The molecule has 1 aliphatic carbocycles. The Morgan fingerprint density at radius 1 is 1.35 bits per heavy atom. The van der Waals surface area contributed by atoms with Crippen LogP contribution in [0.4, 0.5) is 0 Å². The van der Waals surface area contributed by atoms with Crippen LogP contribution in [0.1, 0.15) is 66.1 Å². The number of hydrogen-bond acceptors (Lipinski definition) is 3. The maximum Gasteiger partial charge on any atom is 0.279 e. The Kier molecular flexibility index (Phi) is 7.30. The van der Waals surface area contributed by atoms with Crippen molar-refractivity contribution in [1.82, 2.24) is 16.2 Å². The number of unbranched alkanes of at least 4 members (excludes halogenated alkanes) is 1. The summed E-state index contributed by atoms with van der Waals surface area (Å²) < 4.78 is 0. The van der Waals surface area contributed by atoms with Crippen molar-refractivity contribution >= 4 is 34.6 Å². The smallest absolute Gasteiger partial charge is 0.279 e. The second-order valence-electron chi connectivity index (χ2n) is 6.12. The Hall–Kier alpha value is -1.14. The first kappa shape index (κ1) is 18.2. The van der Waals surface area contributed by atoms with Crippen molar-refractivity contribution in [3.63, 3.8) is 0 Å². The highest BCUT2D eigenvalue weighted by molar-refractivity contribution is 7.80. The maximum atomic E-state index is 12.1. The normalized spacial score (nSPS) is 14.2. The fourth-order valence-corrected chi connectivity index (χ4v) is 4.12. The number of carbonyl (C=O) groups excluding carboxylic acids is 1. The predicted molar refractivity (Wildman–Crippen MR) is 101 cm³/mol. The van der Waals surface area contributed by atoms with E-state index in [0.717, 1.165) is 30.7 Å². The summed E-state index contributed by atoms with van der Waals surface area (Å²) in [7, 11) is 0. The number of hydrogen-bond donors (Lipinski definition) is 3. The van der Waals surface area contributed by atoms with Crippen LogP contribution in [0.25, 0.3) is 0 Å². The van der Waals surface area contributed by atoms with E-state index in [2.05, 4.69) is 30.0 Å². The number of rotatable bonds is 7. The first-order valence-corrected chi connectivity index (χ1v) is 9.82. The van der Waals surface area contributed by atoms with Gasteiger partial charge in [-0.25, -0.2) is 0 Å². The van der Waals surface area contributed by atoms with Gasteiger partial charge in [0.05, 0.1) is 4.88 Å². The standard InChI is InChI=1S/C17H27N3OS2/c1-3-5-7-12(4-2)11-18-17(22)20-19-16(21)15-10-13-8-6-9-14(13)23-15/h10,12H,3-9,11H2,1-2H3,(H,19,21)(H2,18,20,22)/t12-/m1/s1. The van der Waals surface area contributed by atoms with E-state index in [0.29, 0.717) is 11.0 Å². The Labute approximate surface area is 148 Å². The molecule has 4 nitrogen and oxygen atoms in total. The van der Waals surface area contributed by atoms with Crippen molar-refractivity contribution in [3.05, 3.63) is 21.4 Å². The van der Waals surface area contributed by atoms with Crippen molar-refractivity contribution in [2.75, 3.05) is 6.54 Å². The zero-order chi connectivity index (χ0) is 16.7. The number of hydrazine groups is 1. The maximum absolute atomic E-state index is 12.1. The van der Waals surface area contributed by atoms with Crippen LogP contribution >= 0.6 is 23.6 Å². The lowest BCUT2D eigenvalue weighted by Crippen LogP contribution is -2.47. The number of carbonyl (C=O) groups is 1. The van der Waals surface area contributed by atoms with Crippen molar-refractivity contribution in [2.24, 2.45) is 5.92 Å². The van der Waals surface area contributed by atoms with Crippen LogP contribution in [0.3, 0.4) is 0 Å². The summed E-state index contributed by atoms with van der Waals surface area (Å²) in [5.74, 6) is 0.525. The van der Waals surface area contributed by atoms with Gasteiger partial charge in [0.15, 0.2) is 5.11 Å². The second kappa shape index (κ2) is 9.23. The number of fused-ring (bicyclic) bond motifs is 1. The molecule has 1 atom stereocenters. The first-order valence-electron chi connectivity index (χ1n) is 8.59. The van der Waals surface area contributed by atoms with Gasteiger partial charge in [0.25, 0.3) is 5.91 Å². The minimum Gasteiger partial charge on any atom is -0.361 e. The van der Waals surface area contributed by atoms with Gasteiger partial charge in [-0.1, -0.05) is 33.1 Å². The average molecular weight is 354 g/mol. The van der Waals surface area contributed by atoms with Crippen molar-refractivity contribution in [2.45, 2.75) is 58.8 Å². The van der Waals surface area contributed by atoms with E-state index >= 15 is 0 Å². The second-order valence-corrected chi connectivity index (χ2v) is 7.66. The Morgan fingerprint density at radius 3 is 2.87 bits per heavy atom. The summed E-state index contributed by atoms with van der Waals surface area (Å²) in [6.45, 7) is 5.27. The molecule has 1 amide bonds. The molecule has 0 aromatic carbocycles. The van der Waals surface area contributed by atoms with Crippen LogP contribution in [-0.4, -0.2) is 17.6 Å². The van der Waals surface area contributed by atoms with Gasteiger partial charge in [-0.2, -0.15) is 0 Å². The SMILES string of the molecule is CCCC[C@@H](CC)CNC(=S)NNC(=O)c1cc2c(s1)CCC2. The number of thiocarbonyl (C=S) groups is 1. The molecule has 2 rings (SSSR count). The molecule has 0 saturated heterocycles. The summed E-state index contributed by atoms with van der Waals surface area (Å²) in [6.07, 6.45) is 8.25. The highest BCUT2D eigenvalue weighted by atomic mass is 32.1. The monoisotopic (exact) mass is 353 g/mol. The number of aryl methyl sites for hydroxylation is 2. The molecular weight excluding hydrogens is 326 g/mol. The van der Waals surface area contributed by atoms with E-state index in [4.69, 9.17) is 12.2 Å². The highest BCUT2D eigenvalue weighted by Gasteiger charge is 2.18. The topological polar surface area (TPSA) is 53.2 Å². The molecule has 3 N–H and O–H groups in total. The van der Waals surface area contributed by atoms with Crippen LogP contribution in [0.2, 0.25) is 0 Å². The molecule has 0 aliphatic heterocycles. The number of amides is 1. The number of thiophene rings is 1. The lowest BCUT2D eigenvalue weighted by atomic mass is 9.99. The molecule has 0 saturated carbocycles. The summed E-state index contributed by atoms with van der Waals surface area (Å²) in [4.78, 5) is 14.3. The predicted octanol–water partition coefficient (Wildman–Crippen LogP) is 3.56. The van der Waals surface area contributed by atoms with Gasteiger partial charge in [0, 0.05) is 11.4 Å². The molecule has 1 aromatic rings. The van der Waals surface area contributed by atoms with E-state index in [1.54, 1.807) is 11.3 Å². The molecular formula is C17H27N3OS2. The summed E-state index contributed by atoms with van der Waals surface area (Å²) in [5.41, 5.74) is 6.83. The molecule has 128 valence electrons. The zero-order valence-corrected chi connectivity index (χ0v) is 15.7. The quantitative estimate of drug-likeness (QED) is 0.518. The van der Waals surface area contributed by atoms with Crippen molar-refractivity contribution in [3.8, 4) is 0 Å². The molecule has 1 aliphatic rings. The lowest BCUT2D eigenvalue weighted by Gasteiger charge is -2.17. The van der Waals surface area contributed by atoms with Crippen LogP contribution in [-0.2, 0) is 12.8 Å². The van der Waals surface area contributed by atoms with Gasteiger partial charge >= 0.3 is 0 Å². The third-order valence-corrected chi connectivity index (χ3v) is 5.84. The molecule has 1 heterocycles. The van der Waals surface area contributed by atoms with Gasteiger partial charge in [-0.05, 0) is 55.4 Å². The fourth-order valence-electron chi connectivity index (χ4n) is 2.84. The van der Waals surface area contributed by atoms with Crippen molar-refractivity contribution < 1.29 is 4.79 Å². The third kappa shape index (κ3) is 5.46. The highest BCUT2D eigenvalue weighted by Crippen LogP contribution is 2.30. The zero-order valence-electron chi connectivity index (χ0n) is 14.0. The Bertz CT molecular complexity index is 520. The van der Waals surface area contributed by atoms with Gasteiger partial charge in [-0.15, -0.1) is 11.3 Å². The molecule has 0 bridgehead atoms. The van der Waals surface area contributed by atoms with E-state index in [1.165, 1.54) is 36.1 Å². The van der Waals surface area contributed by atoms with Gasteiger partial charge in [0.2, 0.25) is 0 Å². The minimum absolute atomic E-state index is 0.105. The van der Waals surface area contributed by atoms with E-state index in [9.17, 15) is 4.79 Å². The van der Waals surface area contributed by atoms with Gasteiger partial charge in [-0.3, -0.25) is 15.6 Å². The first-order chi connectivity index (χ1) is 11.1. The number of nitrogens with one attached hydrogen (secondary N) is 3. The summed E-state index contributed by atoms with van der Waals surface area (Å²) in [5, 5.41) is 3.68. The third-order valence-electron chi connectivity index (χ3n) is 4.35. The van der Waals surface area contributed by atoms with E-state index < -0.39 is 0 Å². The summed E-state index contributed by atoms with van der Waals surface area (Å²) >= 11 is 6.83. The molecule has 1 aromatic heterocycles. The van der Waals surface area contributed by atoms with E-state index in [1.807, 2.05) is 6.07 Å². The summed E-state index contributed by atoms with van der Waals surface area (Å²) in [6, 6.07) is 2.01. The Balaban J connectivity index is 1.70. The lowest BCUT2D eigenvalue weighted by molar-refractivity contribution is 0.0947. The van der Waals surface area contributed by atoms with Crippen LogP contribution in [0, 0.1) is 5.92 Å². The van der Waals surface area contributed by atoms with E-state index in [-0.39, 0.29) is 5.91 Å². The molecule has 6 heteroatoms. The molecule has 0 radical (unpaired) electrons. The molecule has 0 unspecified atom stereocenters. The van der Waals surface area contributed by atoms with Crippen LogP contribution < -0.4 is 16.2 Å². The Morgan fingerprint density at radius 2 is 2.17 bits per heavy atom. The molecule has 0 fully saturated rings. The van der Waals surface area contributed by atoms with Crippen molar-refractivity contribution in [1.29, 1.82) is 0 Å². The minimum atomic E-state index is -0.105. The average Bonchev–Trinajstić information content (AvgIpc) is 3.14. The van der Waals surface area contributed by atoms with Gasteiger partial charge in [0.1, 0.15) is 0 Å². The molecule has 0 spiro atoms. The van der Waals surface area contributed by atoms with Crippen LogP contribution in [0.5, 0.6) is 0 Å². The van der Waals surface area contributed by atoms with Gasteiger partial charge < -0.3 is 5.32 Å². The fraction of sp³-hybridized carbons (Fsp3) is 0.647. The molecule has 23 heavy (non-hydrogen) atoms. The van der Waals surface area contributed by atoms with Crippen LogP contribution in [0.15, 0.2) is 6.07 Å². The largest absolute Gasteiger partial charge is 0.361 e.